The number of aryl methyl sites for hydroxylation is 1. The van der Waals surface area contributed by atoms with Crippen molar-refractivity contribution in [2.24, 2.45) is 12.8 Å². The van der Waals surface area contributed by atoms with E-state index in [1.807, 2.05) is 7.05 Å². The zero-order chi connectivity index (χ0) is 11.4. The van der Waals surface area contributed by atoms with Crippen LogP contribution in [0.15, 0.2) is 0 Å². The first-order chi connectivity index (χ1) is 7.81. The number of rotatable bonds is 3. The Bertz CT molecular complexity index is 323. The van der Waals surface area contributed by atoms with E-state index in [9.17, 15) is 0 Å². The molecular formula is C9H19N7. The van der Waals surface area contributed by atoms with Gasteiger partial charge in [-0.05, 0) is 23.4 Å². The van der Waals surface area contributed by atoms with Crippen LogP contribution in [-0.2, 0) is 7.05 Å². The van der Waals surface area contributed by atoms with Crippen molar-refractivity contribution < 1.29 is 0 Å². The predicted molar refractivity (Wildman–Crippen MR) is 61.1 cm³/mol. The van der Waals surface area contributed by atoms with E-state index in [2.05, 4.69) is 25.3 Å². The highest BCUT2D eigenvalue weighted by Gasteiger charge is 2.17. The molecule has 1 aromatic rings. The second-order valence-electron chi connectivity index (χ2n) is 4.07. The first-order valence-corrected chi connectivity index (χ1v) is 5.71. The van der Waals surface area contributed by atoms with E-state index >= 15 is 0 Å². The molecule has 16 heavy (non-hydrogen) atoms. The number of nitrogens with zero attached hydrogens (tertiary/aromatic N) is 6. The molecule has 0 bridgehead atoms. The van der Waals surface area contributed by atoms with Crippen molar-refractivity contribution in [2.45, 2.75) is 6.42 Å². The van der Waals surface area contributed by atoms with Crippen molar-refractivity contribution >= 4 is 5.95 Å². The summed E-state index contributed by atoms with van der Waals surface area (Å²) < 4.78 is 1.72. The fourth-order valence-corrected chi connectivity index (χ4v) is 2.07. The average molecular weight is 225 g/mol. The minimum absolute atomic E-state index is 0.728. The van der Waals surface area contributed by atoms with E-state index in [-0.39, 0.29) is 0 Å². The second-order valence-corrected chi connectivity index (χ2v) is 4.07. The average Bonchev–Trinajstić information content (AvgIpc) is 2.57. The Hall–Kier alpha value is -1.21. The summed E-state index contributed by atoms with van der Waals surface area (Å²) in [6.07, 6.45) is 1.13. The summed E-state index contributed by atoms with van der Waals surface area (Å²) in [5.41, 5.74) is 5.57. The molecule has 0 radical (unpaired) electrons. The third kappa shape index (κ3) is 2.48. The van der Waals surface area contributed by atoms with Gasteiger partial charge in [0.05, 0.1) is 0 Å². The van der Waals surface area contributed by atoms with E-state index in [0.29, 0.717) is 0 Å². The van der Waals surface area contributed by atoms with Gasteiger partial charge < -0.3 is 15.5 Å². The van der Waals surface area contributed by atoms with E-state index < -0.39 is 0 Å². The predicted octanol–water partition coefficient (Wildman–Crippen LogP) is -1.32. The molecule has 0 amide bonds. The Morgan fingerprint density at radius 3 is 2.81 bits per heavy atom. The van der Waals surface area contributed by atoms with Crippen LogP contribution in [0.1, 0.15) is 6.42 Å². The highest BCUT2D eigenvalue weighted by atomic mass is 15.6. The van der Waals surface area contributed by atoms with Crippen molar-refractivity contribution in [3.63, 3.8) is 0 Å². The molecule has 2 N–H and O–H groups in total. The van der Waals surface area contributed by atoms with Crippen molar-refractivity contribution in [1.82, 2.24) is 25.1 Å². The maximum Gasteiger partial charge on any atom is 0.245 e. The molecule has 1 aliphatic rings. The minimum Gasteiger partial charge on any atom is -0.338 e. The summed E-state index contributed by atoms with van der Waals surface area (Å²) in [7, 11) is 1.87. The molecule has 1 saturated heterocycles. The Labute approximate surface area is 95.2 Å². The standard InChI is InChI=1S/C9H19N7/c1-14-9(11-12-13-14)16-5-2-4-15(6-3-10)7-8-16/h2-8,10H2,1H3. The van der Waals surface area contributed by atoms with E-state index in [4.69, 9.17) is 5.73 Å². The molecule has 0 atom stereocenters. The third-order valence-corrected chi connectivity index (χ3v) is 2.91. The highest BCUT2D eigenvalue weighted by Crippen LogP contribution is 2.10. The molecule has 0 aromatic carbocycles. The largest absolute Gasteiger partial charge is 0.338 e. The van der Waals surface area contributed by atoms with Crippen molar-refractivity contribution in [2.75, 3.05) is 44.2 Å². The molecule has 7 heteroatoms. The first kappa shape index (κ1) is 11.3. The lowest BCUT2D eigenvalue weighted by molar-refractivity contribution is 0.302. The fraction of sp³-hybridized carbons (Fsp3) is 0.889. The molecule has 2 heterocycles. The quantitative estimate of drug-likeness (QED) is 0.687. The lowest BCUT2D eigenvalue weighted by Gasteiger charge is -2.21. The minimum atomic E-state index is 0.728. The molecule has 1 aliphatic heterocycles. The highest BCUT2D eigenvalue weighted by molar-refractivity contribution is 5.27. The molecule has 7 nitrogen and oxygen atoms in total. The van der Waals surface area contributed by atoms with Crippen LogP contribution in [0.25, 0.3) is 0 Å². The smallest absolute Gasteiger partial charge is 0.245 e. The summed E-state index contributed by atoms with van der Waals surface area (Å²) >= 11 is 0. The molecule has 1 aromatic heterocycles. The number of hydrogen-bond donors (Lipinski definition) is 1. The summed E-state index contributed by atoms with van der Waals surface area (Å²) in [6, 6.07) is 0. The number of tetrazole rings is 1. The van der Waals surface area contributed by atoms with Crippen LogP contribution in [0.4, 0.5) is 5.95 Å². The Kier molecular flexibility index (Phi) is 3.68. The zero-order valence-electron chi connectivity index (χ0n) is 9.71. The van der Waals surface area contributed by atoms with E-state index in [0.717, 1.165) is 51.6 Å². The molecular weight excluding hydrogens is 206 g/mol. The van der Waals surface area contributed by atoms with Gasteiger partial charge in [0.1, 0.15) is 0 Å². The molecule has 0 aliphatic carbocycles. The van der Waals surface area contributed by atoms with Gasteiger partial charge in [0.15, 0.2) is 0 Å². The van der Waals surface area contributed by atoms with Gasteiger partial charge in [-0.25, -0.2) is 4.68 Å². The van der Waals surface area contributed by atoms with Crippen LogP contribution < -0.4 is 10.6 Å². The van der Waals surface area contributed by atoms with Crippen molar-refractivity contribution in [3.8, 4) is 0 Å². The molecule has 0 spiro atoms. The van der Waals surface area contributed by atoms with Crippen LogP contribution >= 0.6 is 0 Å². The van der Waals surface area contributed by atoms with Gasteiger partial charge >= 0.3 is 0 Å². The van der Waals surface area contributed by atoms with Crippen LogP contribution in [0.3, 0.4) is 0 Å². The normalized spacial score (nSPS) is 18.8. The van der Waals surface area contributed by atoms with Gasteiger partial charge in [-0.2, -0.15) is 0 Å². The zero-order valence-corrected chi connectivity index (χ0v) is 9.71. The van der Waals surface area contributed by atoms with Gasteiger partial charge in [0, 0.05) is 39.8 Å². The maximum absolute atomic E-state index is 5.57. The van der Waals surface area contributed by atoms with Crippen molar-refractivity contribution in [1.29, 1.82) is 0 Å². The van der Waals surface area contributed by atoms with Gasteiger partial charge in [-0.3, -0.25) is 0 Å². The fourth-order valence-electron chi connectivity index (χ4n) is 2.07. The monoisotopic (exact) mass is 225 g/mol. The van der Waals surface area contributed by atoms with Crippen LogP contribution in [-0.4, -0.2) is 64.4 Å². The van der Waals surface area contributed by atoms with Gasteiger partial charge in [-0.1, -0.05) is 5.10 Å². The number of anilines is 1. The number of nitrogens with two attached hydrogens (primary N) is 1. The lowest BCUT2D eigenvalue weighted by Crippen LogP contribution is -2.34. The molecule has 0 saturated carbocycles. The summed E-state index contributed by atoms with van der Waals surface area (Å²) in [5.74, 6) is 0.856. The molecule has 0 unspecified atom stereocenters. The Balaban J connectivity index is 1.96. The molecule has 2 rings (SSSR count). The maximum atomic E-state index is 5.57. The third-order valence-electron chi connectivity index (χ3n) is 2.91. The lowest BCUT2D eigenvalue weighted by atomic mass is 10.4. The van der Waals surface area contributed by atoms with Crippen LogP contribution in [0.2, 0.25) is 0 Å². The number of hydrogen-bond acceptors (Lipinski definition) is 6. The molecule has 90 valence electrons. The topological polar surface area (TPSA) is 76.1 Å². The summed E-state index contributed by atoms with van der Waals surface area (Å²) in [6.45, 7) is 5.82. The second kappa shape index (κ2) is 5.22. The summed E-state index contributed by atoms with van der Waals surface area (Å²) in [4.78, 5) is 4.63. The number of aromatic nitrogens is 4. The first-order valence-electron chi connectivity index (χ1n) is 5.71. The van der Waals surface area contributed by atoms with Crippen LogP contribution in [0.5, 0.6) is 0 Å². The van der Waals surface area contributed by atoms with Gasteiger partial charge in [0.25, 0.3) is 0 Å². The van der Waals surface area contributed by atoms with E-state index in [1.54, 1.807) is 4.68 Å². The van der Waals surface area contributed by atoms with Gasteiger partial charge in [0.2, 0.25) is 5.95 Å². The van der Waals surface area contributed by atoms with Crippen molar-refractivity contribution in [3.05, 3.63) is 0 Å². The molecule has 1 fully saturated rings. The van der Waals surface area contributed by atoms with Gasteiger partial charge in [-0.15, -0.1) is 0 Å². The summed E-state index contributed by atoms with van der Waals surface area (Å²) in [5, 5.41) is 11.6. The Morgan fingerprint density at radius 1 is 1.25 bits per heavy atom. The SMILES string of the molecule is Cn1nnnc1N1CCCN(CCN)CC1. The van der Waals surface area contributed by atoms with Crippen LogP contribution in [0, 0.1) is 0 Å². The van der Waals surface area contributed by atoms with E-state index in [1.165, 1.54) is 0 Å². The Morgan fingerprint density at radius 2 is 2.12 bits per heavy atom.